The first-order valence-corrected chi connectivity index (χ1v) is 6.53. The van der Waals surface area contributed by atoms with Gasteiger partial charge in [0.2, 0.25) is 0 Å². The van der Waals surface area contributed by atoms with Crippen LogP contribution in [0.25, 0.3) is 0 Å². The molecule has 0 spiro atoms. The maximum absolute atomic E-state index is 5.14. The van der Waals surface area contributed by atoms with Gasteiger partial charge in [-0.1, -0.05) is 24.3 Å². The monoisotopic (exact) mass is 259 g/mol. The summed E-state index contributed by atoms with van der Waals surface area (Å²) in [5.41, 5.74) is 2.50. The first kappa shape index (κ1) is 13.8. The molecule has 1 aromatic heterocycles. The molecule has 0 fully saturated rings. The maximum atomic E-state index is 5.14. The zero-order chi connectivity index (χ0) is 13.5. The number of rotatable bonds is 7. The van der Waals surface area contributed by atoms with Gasteiger partial charge in [-0.3, -0.25) is 0 Å². The van der Waals surface area contributed by atoms with Crippen LogP contribution in [0.2, 0.25) is 0 Å². The van der Waals surface area contributed by atoms with Crippen LogP contribution in [0.1, 0.15) is 17.0 Å². The highest BCUT2D eigenvalue weighted by molar-refractivity contribution is 5.22. The van der Waals surface area contributed by atoms with Crippen molar-refractivity contribution in [3.05, 3.63) is 53.6 Å². The van der Waals surface area contributed by atoms with Crippen LogP contribution in [0.15, 0.2) is 36.7 Å². The molecule has 0 amide bonds. The lowest BCUT2D eigenvalue weighted by molar-refractivity contribution is 0.185. The van der Waals surface area contributed by atoms with Gasteiger partial charge in [0.15, 0.2) is 0 Å². The molecule has 0 bridgehead atoms. The third-order valence-electron chi connectivity index (χ3n) is 3.08. The van der Waals surface area contributed by atoms with Crippen LogP contribution >= 0.6 is 0 Å². The average Bonchev–Trinajstić information content (AvgIpc) is 2.81. The lowest BCUT2D eigenvalue weighted by Gasteiger charge is -2.07. The molecule has 0 saturated carbocycles. The maximum Gasteiger partial charge on any atom is 0.109 e. The smallest absolute Gasteiger partial charge is 0.109 e. The minimum atomic E-state index is 0.668. The number of hydrogen-bond donors (Lipinski definition) is 1. The summed E-state index contributed by atoms with van der Waals surface area (Å²) in [5.74, 6) is 1.11. The van der Waals surface area contributed by atoms with Gasteiger partial charge in [0, 0.05) is 46.1 Å². The molecule has 2 rings (SSSR count). The Morgan fingerprint density at radius 3 is 2.89 bits per heavy atom. The Morgan fingerprint density at radius 1 is 1.32 bits per heavy atom. The van der Waals surface area contributed by atoms with Gasteiger partial charge in [-0.05, 0) is 11.1 Å². The van der Waals surface area contributed by atoms with Crippen molar-refractivity contribution in [2.45, 2.75) is 19.6 Å². The summed E-state index contributed by atoms with van der Waals surface area (Å²) in [6, 6.07) is 8.47. The molecule has 1 aromatic carbocycles. The fourth-order valence-corrected chi connectivity index (χ4v) is 2.07. The largest absolute Gasteiger partial charge is 0.380 e. The zero-order valence-electron chi connectivity index (χ0n) is 11.6. The highest BCUT2D eigenvalue weighted by atomic mass is 16.5. The van der Waals surface area contributed by atoms with Gasteiger partial charge in [0.05, 0.1) is 6.61 Å². The number of benzene rings is 1. The van der Waals surface area contributed by atoms with E-state index in [0.29, 0.717) is 6.61 Å². The van der Waals surface area contributed by atoms with E-state index >= 15 is 0 Å². The standard InChI is InChI=1S/C15H21N3O/c1-18-9-8-17-15(18)6-7-16-11-13-4-3-5-14(10-13)12-19-2/h3-5,8-10,16H,6-7,11-12H2,1-2H3. The van der Waals surface area contributed by atoms with Gasteiger partial charge in [-0.2, -0.15) is 0 Å². The molecule has 0 radical (unpaired) electrons. The highest BCUT2D eigenvalue weighted by Gasteiger charge is 1.99. The molecular formula is C15H21N3O. The highest BCUT2D eigenvalue weighted by Crippen LogP contribution is 2.06. The van der Waals surface area contributed by atoms with Crippen LogP contribution in [0.4, 0.5) is 0 Å². The van der Waals surface area contributed by atoms with E-state index in [1.165, 1.54) is 11.1 Å². The van der Waals surface area contributed by atoms with Crippen molar-refractivity contribution in [2.75, 3.05) is 13.7 Å². The lowest BCUT2D eigenvalue weighted by Crippen LogP contribution is -2.18. The summed E-state index contributed by atoms with van der Waals surface area (Å²) in [4.78, 5) is 4.31. The minimum absolute atomic E-state index is 0.668. The number of nitrogens with zero attached hydrogens (tertiary/aromatic N) is 2. The predicted octanol–water partition coefficient (Wildman–Crippen LogP) is 1.90. The fourth-order valence-electron chi connectivity index (χ4n) is 2.07. The van der Waals surface area contributed by atoms with E-state index in [4.69, 9.17) is 4.74 Å². The second kappa shape index (κ2) is 7.07. The molecule has 0 saturated heterocycles. The summed E-state index contributed by atoms with van der Waals surface area (Å²) in [6.45, 7) is 2.47. The number of aromatic nitrogens is 2. The summed E-state index contributed by atoms with van der Waals surface area (Å²) < 4.78 is 7.20. The summed E-state index contributed by atoms with van der Waals surface area (Å²) >= 11 is 0. The van der Waals surface area contributed by atoms with Crippen LogP contribution in [-0.4, -0.2) is 23.2 Å². The van der Waals surface area contributed by atoms with Crippen molar-refractivity contribution < 1.29 is 4.74 Å². The fraction of sp³-hybridized carbons (Fsp3) is 0.400. The van der Waals surface area contributed by atoms with E-state index in [-0.39, 0.29) is 0 Å². The Balaban J connectivity index is 1.76. The molecule has 4 heteroatoms. The molecule has 0 unspecified atom stereocenters. The molecular weight excluding hydrogens is 238 g/mol. The number of ether oxygens (including phenoxy) is 1. The second-order valence-electron chi connectivity index (χ2n) is 4.63. The van der Waals surface area contributed by atoms with Gasteiger partial charge in [-0.25, -0.2) is 4.98 Å². The molecule has 19 heavy (non-hydrogen) atoms. The number of aryl methyl sites for hydroxylation is 1. The molecule has 4 nitrogen and oxygen atoms in total. The van der Waals surface area contributed by atoms with Crippen LogP contribution in [0.3, 0.4) is 0 Å². The predicted molar refractivity (Wildman–Crippen MR) is 75.8 cm³/mol. The number of hydrogen-bond acceptors (Lipinski definition) is 3. The average molecular weight is 259 g/mol. The van der Waals surface area contributed by atoms with E-state index in [1.807, 2.05) is 19.4 Å². The van der Waals surface area contributed by atoms with Crippen molar-refractivity contribution in [2.24, 2.45) is 7.05 Å². The first-order valence-electron chi connectivity index (χ1n) is 6.53. The van der Waals surface area contributed by atoms with Crippen LogP contribution in [-0.2, 0) is 31.4 Å². The summed E-state index contributed by atoms with van der Waals surface area (Å²) in [5, 5.41) is 3.44. The lowest BCUT2D eigenvalue weighted by atomic mass is 10.1. The Kier molecular flexibility index (Phi) is 5.12. The molecule has 102 valence electrons. The van der Waals surface area contributed by atoms with Crippen LogP contribution in [0, 0.1) is 0 Å². The molecule has 2 aromatic rings. The summed E-state index contributed by atoms with van der Waals surface area (Å²) in [7, 11) is 3.74. The third kappa shape index (κ3) is 4.19. The SMILES string of the molecule is COCc1cccc(CNCCc2nccn2C)c1. The summed E-state index contributed by atoms with van der Waals surface area (Å²) in [6.07, 6.45) is 4.76. The topological polar surface area (TPSA) is 39.1 Å². The van der Waals surface area contributed by atoms with Crippen molar-refractivity contribution >= 4 is 0 Å². The van der Waals surface area contributed by atoms with Crippen LogP contribution in [0.5, 0.6) is 0 Å². The van der Waals surface area contributed by atoms with Crippen molar-refractivity contribution in [1.82, 2.24) is 14.9 Å². The van der Waals surface area contributed by atoms with Crippen molar-refractivity contribution in [1.29, 1.82) is 0 Å². The molecule has 1 N–H and O–H groups in total. The van der Waals surface area contributed by atoms with Crippen molar-refractivity contribution in [3.63, 3.8) is 0 Å². The molecule has 1 heterocycles. The third-order valence-corrected chi connectivity index (χ3v) is 3.08. The Hall–Kier alpha value is -1.65. The van der Waals surface area contributed by atoms with Gasteiger partial charge in [0.25, 0.3) is 0 Å². The van der Waals surface area contributed by atoms with E-state index in [2.05, 4.69) is 39.1 Å². The Labute approximate surface area is 114 Å². The van der Waals surface area contributed by atoms with E-state index in [1.54, 1.807) is 7.11 Å². The van der Waals surface area contributed by atoms with E-state index in [0.717, 1.165) is 25.3 Å². The Bertz CT molecular complexity index is 508. The van der Waals surface area contributed by atoms with Gasteiger partial charge in [-0.15, -0.1) is 0 Å². The van der Waals surface area contributed by atoms with E-state index < -0.39 is 0 Å². The van der Waals surface area contributed by atoms with E-state index in [9.17, 15) is 0 Å². The van der Waals surface area contributed by atoms with Gasteiger partial charge < -0.3 is 14.6 Å². The normalized spacial score (nSPS) is 10.8. The quantitative estimate of drug-likeness (QED) is 0.772. The minimum Gasteiger partial charge on any atom is -0.380 e. The number of imidazole rings is 1. The number of methoxy groups -OCH3 is 1. The van der Waals surface area contributed by atoms with Crippen molar-refractivity contribution in [3.8, 4) is 0 Å². The molecule has 0 atom stereocenters. The first-order chi connectivity index (χ1) is 9.29. The number of nitrogens with one attached hydrogen (secondary N) is 1. The van der Waals surface area contributed by atoms with Crippen LogP contribution < -0.4 is 5.32 Å². The Morgan fingerprint density at radius 2 is 2.16 bits per heavy atom. The zero-order valence-corrected chi connectivity index (χ0v) is 11.6. The second-order valence-corrected chi connectivity index (χ2v) is 4.63. The molecule has 0 aliphatic rings. The van der Waals surface area contributed by atoms with Gasteiger partial charge >= 0.3 is 0 Å². The van der Waals surface area contributed by atoms with Gasteiger partial charge in [0.1, 0.15) is 5.82 Å². The molecule has 0 aliphatic carbocycles. The molecule has 0 aliphatic heterocycles.